The van der Waals surface area contributed by atoms with Gasteiger partial charge in [-0.05, 0) is 24.7 Å². The van der Waals surface area contributed by atoms with Gasteiger partial charge >= 0.3 is 0 Å². The Balaban J connectivity index is 2.47. The van der Waals surface area contributed by atoms with Gasteiger partial charge in [0.15, 0.2) is 0 Å². The number of carbonyl (C=O) groups is 1. The number of carbonyl (C=O) groups excluding carboxylic acids is 1. The minimum Gasteiger partial charge on any atom is -0.358 e. The van der Waals surface area contributed by atoms with Crippen molar-refractivity contribution in [1.82, 2.24) is 10.2 Å². The van der Waals surface area contributed by atoms with Crippen molar-refractivity contribution in [3.8, 4) is 0 Å². The molecule has 0 atom stereocenters. The van der Waals surface area contributed by atoms with E-state index in [1.54, 1.807) is 7.05 Å². The first-order valence-corrected chi connectivity index (χ1v) is 5.13. The molecule has 1 aromatic rings. The van der Waals surface area contributed by atoms with E-state index in [1.165, 1.54) is 0 Å². The first-order chi connectivity index (χ1) is 7.11. The number of nitrogens with one attached hydrogen (secondary N) is 1. The molecule has 0 aliphatic carbocycles. The molecule has 15 heavy (non-hydrogen) atoms. The topological polar surface area (TPSA) is 32.3 Å². The number of amides is 1. The summed E-state index contributed by atoms with van der Waals surface area (Å²) in [5.74, 6) is 0.0199. The number of rotatable bonds is 4. The largest absolute Gasteiger partial charge is 0.358 e. The quantitative estimate of drug-likeness (QED) is 0.845. The highest BCUT2D eigenvalue weighted by atomic mass is 35.5. The lowest BCUT2D eigenvalue weighted by Crippen LogP contribution is -2.32. The van der Waals surface area contributed by atoms with Gasteiger partial charge in [0.2, 0.25) is 5.91 Å². The number of benzene rings is 1. The van der Waals surface area contributed by atoms with Crippen LogP contribution < -0.4 is 5.32 Å². The molecule has 4 heteroatoms. The van der Waals surface area contributed by atoms with Crippen LogP contribution in [-0.2, 0) is 11.3 Å². The van der Waals surface area contributed by atoms with Gasteiger partial charge in [-0.2, -0.15) is 0 Å². The van der Waals surface area contributed by atoms with Crippen molar-refractivity contribution in [3.63, 3.8) is 0 Å². The number of likely N-dealkylation sites (N-methyl/N-ethyl adjacent to an activating group) is 2. The number of hydrogen-bond donors (Lipinski definition) is 1. The second-order valence-electron chi connectivity index (χ2n) is 3.47. The number of hydrogen-bond acceptors (Lipinski definition) is 2. The van der Waals surface area contributed by atoms with Crippen LogP contribution in [0.3, 0.4) is 0 Å². The van der Waals surface area contributed by atoms with E-state index < -0.39 is 0 Å². The molecule has 0 unspecified atom stereocenters. The van der Waals surface area contributed by atoms with Crippen LogP contribution in [0.5, 0.6) is 0 Å². The molecule has 0 fully saturated rings. The minimum atomic E-state index is 0.0199. The van der Waals surface area contributed by atoms with E-state index in [0.29, 0.717) is 6.54 Å². The molecule has 1 N–H and O–H groups in total. The van der Waals surface area contributed by atoms with Crippen molar-refractivity contribution in [2.24, 2.45) is 0 Å². The third kappa shape index (κ3) is 4.32. The first kappa shape index (κ1) is 12.0. The highest BCUT2D eigenvalue weighted by Gasteiger charge is 2.04. The zero-order valence-electron chi connectivity index (χ0n) is 8.96. The lowest BCUT2D eigenvalue weighted by Gasteiger charge is -2.15. The molecule has 0 aromatic heterocycles. The van der Waals surface area contributed by atoms with Crippen molar-refractivity contribution in [1.29, 1.82) is 0 Å². The van der Waals surface area contributed by atoms with Crippen molar-refractivity contribution in [2.75, 3.05) is 20.6 Å². The second-order valence-corrected chi connectivity index (χ2v) is 3.91. The van der Waals surface area contributed by atoms with Gasteiger partial charge in [-0.1, -0.05) is 23.7 Å². The molecule has 82 valence electrons. The molecular weight excluding hydrogens is 212 g/mol. The van der Waals surface area contributed by atoms with Crippen LogP contribution >= 0.6 is 11.6 Å². The Morgan fingerprint density at radius 2 is 2.00 bits per heavy atom. The molecular formula is C11H15ClN2O. The Hall–Kier alpha value is -1.06. The summed E-state index contributed by atoms with van der Waals surface area (Å²) in [5, 5.41) is 3.32. The van der Waals surface area contributed by atoms with E-state index in [9.17, 15) is 4.79 Å². The average molecular weight is 227 g/mol. The van der Waals surface area contributed by atoms with Gasteiger partial charge in [-0.25, -0.2) is 0 Å². The average Bonchev–Trinajstić information content (AvgIpc) is 2.21. The molecule has 0 radical (unpaired) electrons. The predicted octanol–water partition coefficient (Wildman–Crippen LogP) is 1.52. The predicted molar refractivity (Wildman–Crippen MR) is 61.9 cm³/mol. The molecule has 0 bridgehead atoms. The summed E-state index contributed by atoms with van der Waals surface area (Å²) in [5.41, 5.74) is 1.14. The smallest absolute Gasteiger partial charge is 0.233 e. The van der Waals surface area contributed by atoms with Crippen molar-refractivity contribution < 1.29 is 4.79 Å². The normalized spacial score (nSPS) is 10.4. The summed E-state index contributed by atoms with van der Waals surface area (Å²) in [6.07, 6.45) is 0. The van der Waals surface area contributed by atoms with Gasteiger partial charge in [0.05, 0.1) is 6.54 Å². The summed E-state index contributed by atoms with van der Waals surface area (Å²) in [6, 6.07) is 7.63. The van der Waals surface area contributed by atoms with Gasteiger partial charge in [-0.3, -0.25) is 9.69 Å². The van der Waals surface area contributed by atoms with E-state index in [-0.39, 0.29) is 5.91 Å². The van der Waals surface area contributed by atoms with Gasteiger partial charge in [0.25, 0.3) is 0 Å². The summed E-state index contributed by atoms with van der Waals surface area (Å²) in [7, 11) is 3.54. The maximum absolute atomic E-state index is 11.1. The molecule has 0 heterocycles. The molecule has 0 spiro atoms. The Labute approximate surface area is 95.0 Å². The van der Waals surface area contributed by atoms with Crippen molar-refractivity contribution in [3.05, 3.63) is 34.9 Å². The summed E-state index contributed by atoms with van der Waals surface area (Å²) in [6.45, 7) is 1.14. The maximum atomic E-state index is 11.1. The fraction of sp³-hybridized carbons (Fsp3) is 0.364. The van der Waals surface area contributed by atoms with E-state index >= 15 is 0 Å². The van der Waals surface area contributed by atoms with Crippen LogP contribution in [-0.4, -0.2) is 31.4 Å². The Morgan fingerprint density at radius 3 is 2.53 bits per heavy atom. The summed E-state index contributed by atoms with van der Waals surface area (Å²) < 4.78 is 0. The summed E-state index contributed by atoms with van der Waals surface area (Å²) in [4.78, 5) is 13.0. The van der Waals surface area contributed by atoms with Crippen LogP contribution in [0.25, 0.3) is 0 Å². The van der Waals surface area contributed by atoms with Crippen LogP contribution in [0.4, 0.5) is 0 Å². The zero-order valence-corrected chi connectivity index (χ0v) is 9.71. The SMILES string of the molecule is CNC(=O)CN(C)Cc1ccc(Cl)cc1. The third-order valence-electron chi connectivity index (χ3n) is 2.06. The van der Waals surface area contributed by atoms with E-state index in [2.05, 4.69) is 5.32 Å². The third-order valence-corrected chi connectivity index (χ3v) is 2.31. The van der Waals surface area contributed by atoms with Crippen LogP contribution in [0.15, 0.2) is 24.3 Å². The number of halogens is 1. The Kier molecular flexibility index (Phi) is 4.59. The van der Waals surface area contributed by atoms with E-state index in [1.807, 2.05) is 36.2 Å². The molecule has 1 amide bonds. The zero-order chi connectivity index (χ0) is 11.3. The number of nitrogens with zero attached hydrogens (tertiary/aromatic N) is 1. The summed E-state index contributed by atoms with van der Waals surface area (Å²) >= 11 is 5.78. The molecule has 0 saturated carbocycles. The van der Waals surface area contributed by atoms with Crippen LogP contribution in [0, 0.1) is 0 Å². The van der Waals surface area contributed by atoms with Gasteiger partial charge in [0.1, 0.15) is 0 Å². The van der Waals surface area contributed by atoms with Crippen molar-refractivity contribution in [2.45, 2.75) is 6.54 Å². The second kappa shape index (κ2) is 5.73. The van der Waals surface area contributed by atoms with E-state index in [4.69, 9.17) is 11.6 Å². The van der Waals surface area contributed by atoms with Crippen molar-refractivity contribution >= 4 is 17.5 Å². The molecule has 0 aliphatic rings. The highest BCUT2D eigenvalue weighted by molar-refractivity contribution is 6.30. The molecule has 1 rings (SSSR count). The first-order valence-electron chi connectivity index (χ1n) is 4.75. The molecule has 0 aliphatic heterocycles. The fourth-order valence-electron chi connectivity index (χ4n) is 1.28. The molecule has 3 nitrogen and oxygen atoms in total. The lowest BCUT2D eigenvalue weighted by atomic mass is 10.2. The Bertz CT molecular complexity index is 324. The molecule has 1 aromatic carbocycles. The van der Waals surface area contributed by atoms with Gasteiger partial charge in [-0.15, -0.1) is 0 Å². The standard InChI is InChI=1S/C11H15ClN2O/c1-13-11(15)8-14(2)7-9-3-5-10(12)6-4-9/h3-6H,7-8H2,1-2H3,(H,13,15). The Morgan fingerprint density at radius 1 is 1.40 bits per heavy atom. The van der Waals surface area contributed by atoms with Crippen LogP contribution in [0.1, 0.15) is 5.56 Å². The van der Waals surface area contributed by atoms with Gasteiger partial charge in [0, 0.05) is 18.6 Å². The van der Waals surface area contributed by atoms with E-state index in [0.717, 1.165) is 17.1 Å². The van der Waals surface area contributed by atoms with Gasteiger partial charge < -0.3 is 5.32 Å². The minimum absolute atomic E-state index is 0.0199. The van der Waals surface area contributed by atoms with Crippen LogP contribution in [0.2, 0.25) is 5.02 Å². The highest BCUT2D eigenvalue weighted by Crippen LogP contribution is 2.10. The molecule has 0 saturated heterocycles. The maximum Gasteiger partial charge on any atom is 0.233 e. The lowest BCUT2D eigenvalue weighted by molar-refractivity contribution is -0.121. The fourth-order valence-corrected chi connectivity index (χ4v) is 1.41. The monoisotopic (exact) mass is 226 g/mol.